The van der Waals surface area contributed by atoms with E-state index in [-0.39, 0.29) is 24.3 Å². The molecular formula is C24H22N2O3. The molecule has 3 aromatic rings. The van der Waals surface area contributed by atoms with Crippen molar-refractivity contribution in [1.29, 1.82) is 0 Å². The zero-order chi connectivity index (χ0) is 20.2. The Bertz CT molecular complexity index is 1030. The molecular weight excluding hydrogens is 364 g/mol. The number of nitrogens with one attached hydrogen (secondary N) is 1. The molecule has 0 radical (unpaired) electrons. The number of anilines is 2. The highest BCUT2D eigenvalue weighted by molar-refractivity contribution is 6.10. The number of nitrogens with zero attached hydrogens (tertiary/aromatic N) is 1. The fraction of sp³-hybridized carbons (Fsp3) is 0.167. The van der Waals surface area contributed by atoms with Crippen LogP contribution < -0.4 is 15.0 Å². The summed E-state index contributed by atoms with van der Waals surface area (Å²) >= 11 is 0. The van der Waals surface area contributed by atoms with E-state index in [1.807, 2.05) is 73.7 Å². The van der Waals surface area contributed by atoms with Crippen molar-refractivity contribution in [1.82, 2.24) is 0 Å². The van der Waals surface area contributed by atoms with Crippen LogP contribution in [0.2, 0.25) is 0 Å². The maximum absolute atomic E-state index is 12.8. The van der Waals surface area contributed by atoms with Gasteiger partial charge in [0.15, 0.2) is 5.75 Å². The second kappa shape index (κ2) is 8.19. The van der Waals surface area contributed by atoms with Gasteiger partial charge in [-0.2, -0.15) is 0 Å². The molecule has 5 heteroatoms. The summed E-state index contributed by atoms with van der Waals surface area (Å²) in [5.41, 5.74) is 2.56. The molecule has 0 aliphatic carbocycles. The van der Waals surface area contributed by atoms with Gasteiger partial charge in [-0.05, 0) is 49.2 Å². The van der Waals surface area contributed by atoms with Crippen LogP contribution in [0.25, 0.3) is 0 Å². The lowest BCUT2D eigenvalue weighted by Crippen LogP contribution is -2.37. The summed E-state index contributed by atoms with van der Waals surface area (Å²) in [5, 5.41) is 2.81. The lowest BCUT2D eigenvalue weighted by Gasteiger charge is -2.22. The second-order valence-corrected chi connectivity index (χ2v) is 7.08. The van der Waals surface area contributed by atoms with E-state index in [1.54, 1.807) is 17.0 Å². The number of ether oxygens (including phenoxy) is 1. The number of para-hydroxylation sites is 4. The first-order valence-electron chi connectivity index (χ1n) is 9.63. The first-order valence-corrected chi connectivity index (χ1v) is 9.63. The first kappa shape index (κ1) is 18.7. The van der Waals surface area contributed by atoms with Crippen molar-refractivity contribution in [2.45, 2.75) is 25.8 Å². The lowest BCUT2D eigenvalue weighted by atomic mass is 10.1. The molecule has 0 spiro atoms. The molecule has 146 valence electrons. The largest absolute Gasteiger partial charge is 0.455 e. The first-order chi connectivity index (χ1) is 14.1. The highest BCUT2D eigenvalue weighted by atomic mass is 16.5. The summed E-state index contributed by atoms with van der Waals surface area (Å²) in [7, 11) is 0. The van der Waals surface area contributed by atoms with Gasteiger partial charge in [0.2, 0.25) is 11.8 Å². The van der Waals surface area contributed by atoms with Crippen LogP contribution in [-0.2, 0) is 16.0 Å². The molecule has 5 nitrogen and oxygen atoms in total. The zero-order valence-electron chi connectivity index (χ0n) is 16.2. The van der Waals surface area contributed by atoms with E-state index in [9.17, 15) is 9.59 Å². The summed E-state index contributed by atoms with van der Waals surface area (Å²) in [6, 6.07) is 24.4. The van der Waals surface area contributed by atoms with Crippen molar-refractivity contribution in [3.63, 3.8) is 0 Å². The number of hydrogen-bond acceptors (Lipinski definition) is 3. The van der Waals surface area contributed by atoms with Crippen LogP contribution in [0, 0.1) is 0 Å². The van der Waals surface area contributed by atoms with Crippen LogP contribution in [0.1, 0.15) is 18.9 Å². The van der Waals surface area contributed by atoms with E-state index in [1.165, 1.54) is 0 Å². The average molecular weight is 386 g/mol. The van der Waals surface area contributed by atoms with E-state index < -0.39 is 0 Å². The summed E-state index contributed by atoms with van der Waals surface area (Å²) in [4.78, 5) is 27.1. The van der Waals surface area contributed by atoms with Crippen molar-refractivity contribution in [2.24, 2.45) is 0 Å². The Hall–Kier alpha value is -3.60. The molecule has 0 bridgehead atoms. The maximum Gasteiger partial charge on any atom is 0.236 e. The average Bonchev–Trinajstić information content (AvgIpc) is 3.06. The van der Waals surface area contributed by atoms with Gasteiger partial charge in [0.1, 0.15) is 12.2 Å². The molecule has 29 heavy (non-hydrogen) atoms. The number of carbonyl (C=O) groups excluding carboxylic acids is 2. The molecule has 3 aromatic carbocycles. The molecule has 0 aromatic heterocycles. The number of rotatable bonds is 5. The van der Waals surface area contributed by atoms with Crippen LogP contribution in [-0.4, -0.2) is 17.9 Å². The molecule has 1 aliphatic heterocycles. The molecule has 1 N–H and O–H groups in total. The second-order valence-electron chi connectivity index (χ2n) is 7.08. The van der Waals surface area contributed by atoms with Crippen LogP contribution in [0.5, 0.6) is 11.5 Å². The normalized spacial score (nSPS) is 14.9. The molecule has 4 rings (SSSR count). The Kier molecular flexibility index (Phi) is 5.29. The molecule has 0 saturated carbocycles. The van der Waals surface area contributed by atoms with Gasteiger partial charge in [-0.15, -0.1) is 0 Å². The van der Waals surface area contributed by atoms with E-state index >= 15 is 0 Å². The number of amides is 2. The minimum atomic E-state index is -0.365. The third kappa shape index (κ3) is 4.14. The molecule has 0 saturated heterocycles. The Morgan fingerprint density at radius 3 is 2.48 bits per heavy atom. The summed E-state index contributed by atoms with van der Waals surface area (Å²) < 4.78 is 5.87. The van der Waals surface area contributed by atoms with Gasteiger partial charge in [-0.1, -0.05) is 48.5 Å². The SMILES string of the molecule is CC1Cc2ccccc2N1C(=O)CC(=O)Nc1ccccc1Oc1ccccc1. The predicted molar refractivity (Wildman–Crippen MR) is 113 cm³/mol. The quantitative estimate of drug-likeness (QED) is 0.642. The Balaban J connectivity index is 1.45. The standard InChI is InChI=1S/C24H22N2O3/c1-17-15-18-9-5-7-13-21(18)26(17)24(28)16-23(27)25-20-12-6-8-14-22(20)29-19-10-3-2-4-11-19/h2-14,17H,15-16H2,1H3,(H,25,27). The fourth-order valence-corrected chi connectivity index (χ4v) is 3.64. The highest BCUT2D eigenvalue weighted by Crippen LogP contribution is 2.33. The van der Waals surface area contributed by atoms with Gasteiger partial charge in [0.05, 0.1) is 5.69 Å². The van der Waals surface area contributed by atoms with E-state index in [2.05, 4.69) is 5.32 Å². The summed E-state index contributed by atoms with van der Waals surface area (Å²) in [5.74, 6) is 0.629. The van der Waals surface area contributed by atoms with Crippen LogP contribution in [0.4, 0.5) is 11.4 Å². The van der Waals surface area contributed by atoms with Gasteiger partial charge in [-0.25, -0.2) is 0 Å². The minimum absolute atomic E-state index is 0.0430. The molecule has 1 heterocycles. The van der Waals surface area contributed by atoms with E-state index in [0.29, 0.717) is 17.2 Å². The van der Waals surface area contributed by atoms with Crippen LogP contribution in [0.3, 0.4) is 0 Å². The number of carbonyl (C=O) groups is 2. The molecule has 1 unspecified atom stereocenters. The van der Waals surface area contributed by atoms with Gasteiger partial charge in [0, 0.05) is 11.7 Å². The fourth-order valence-electron chi connectivity index (χ4n) is 3.64. The van der Waals surface area contributed by atoms with Crippen LogP contribution >= 0.6 is 0 Å². The van der Waals surface area contributed by atoms with Gasteiger partial charge in [-0.3, -0.25) is 9.59 Å². The molecule has 2 amide bonds. The summed E-state index contributed by atoms with van der Waals surface area (Å²) in [6.45, 7) is 2.00. The van der Waals surface area contributed by atoms with E-state index in [0.717, 1.165) is 17.7 Å². The van der Waals surface area contributed by atoms with Crippen molar-refractivity contribution in [3.8, 4) is 11.5 Å². The number of benzene rings is 3. The third-order valence-corrected chi connectivity index (χ3v) is 4.92. The maximum atomic E-state index is 12.8. The summed E-state index contributed by atoms with van der Waals surface area (Å²) in [6.07, 6.45) is 0.579. The number of fused-ring (bicyclic) bond motifs is 1. The monoisotopic (exact) mass is 386 g/mol. The molecule has 0 fully saturated rings. The Morgan fingerprint density at radius 1 is 0.966 bits per heavy atom. The zero-order valence-corrected chi connectivity index (χ0v) is 16.2. The highest BCUT2D eigenvalue weighted by Gasteiger charge is 2.31. The van der Waals surface area contributed by atoms with Crippen molar-refractivity contribution in [2.75, 3.05) is 10.2 Å². The van der Waals surface area contributed by atoms with Gasteiger partial charge >= 0.3 is 0 Å². The van der Waals surface area contributed by atoms with Crippen molar-refractivity contribution < 1.29 is 14.3 Å². The van der Waals surface area contributed by atoms with Gasteiger partial charge in [0.25, 0.3) is 0 Å². The minimum Gasteiger partial charge on any atom is -0.455 e. The number of hydrogen-bond donors (Lipinski definition) is 1. The van der Waals surface area contributed by atoms with Gasteiger partial charge < -0.3 is 15.0 Å². The van der Waals surface area contributed by atoms with Crippen LogP contribution in [0.15, 0.2) is 78.9 Å². The topological polar surface area (TPSA) is 58.6 Å². The molecule has 1 aliphatic rings. The van der Waals surface area contributed by atoms with Crippen molar-refractivity contribution >= 4 is 23.2 Å². The Morgan fingerprint density at radius 2 is 1.66 bits per heavy atom. The van der Waals surface area contributed by atoms with E-state index in [4.69, 9.17) is 4.74 Å². The van der Waals surface area contributed by atoms with Crippen molar-refractivity contribution in [3.05, 3.63) is 84.4 Å². The third-order valence-electron chi connectivity index (χ3n) is 4.92. The smallest absolute Gasteiger partial charge is 0.236 e. The Labute approximate surface area is 169 Å². The lowest BCUT2D eigenvalue weighted by molar-refractivity contribution is -0.125. The predicted octanol–water partition coefficient (Wildman–Crippen LogP) is 4.79. The molecule has 1 atom stereocenters.